The van der Waals surface area contributed by atoms with Crippen molar-refractivity contribution < 1.29 is 36.5 Å². The van der Waals surface area contributed by atoms with Gasteiger partial charge in [-0.25, -0.2) is 13.8 Å². The molecule has 5 atom stereocenters. The minimum Gasteiger partial charge on any atom is -0.471 e. The zero-order valence-corrected chi connectivity index (χ0v) is 24.4. The Labute approximate surface area is 254 Å². The van der Waals surface area contributed by atoms with Gasteiger partial charge in [0.25, 0.3) is 0 Å². The second-order valence-electron chi connectivity index (χ2n) is 12.2. The Morgan fingerprint density at radius 3 is 2.77 bits per heavy atom. The summed E-state index contributed by atoms with van der Waals surface area (Å²) in [6.07, 6.45) is -3.96. The first kappa shape index (κ1) is 29.5. The lowest BCUT2D eigenvalue weighted by Gasteiger charge is -2.39. The number of hydrogen-bond donors (Lipinski definition) is 2. The molecule has 3 aliphatic heterocycles. The fraction of sp³-hybridized carbons (Fsp3) is 0.552. The van der Waals surface area contributed by atoms with E-state index in [1.807, 2.05) is 4.90 Å². The third kappa shape index (κ3) is 4.67. The molecule has 1 saturated carbocycles. The lowest BCUT2D eigenvalue weighted by molar-refractivity contribution is -0.137. The quantitative estimate of drug-likeness (QED) is 0.296. The van der Waals surface area contributed by atoms with Crippen LogP contribution in [0.4, 0.5) is 33.5 Å². The molecule has 7 rings (SSSR count). The number of aliphatic hydroxyl groups excluding tert-OH is 1. The largest absolute Gasteiger partial charge is 0.471 e. The Hall–Kier alpha value is -3.23. The van der Waals surface area contributed by atoms with Gasteiger partial charge in [-0.3, -0.25) is 4.90 Å². The fourth-order valence-electron chi connectivity index (χ4n) is 7.48. The van der Waals surface area contributed by atoms with Gasteiger partial charge in [0.2, 0.25) is 5.88 Å². The van der Waals surface area contributed by atoms with Crippen LogP contribution in [-0.4, -0.2) is 81.7 Å². The third-order valence-electron chi connectivity index (χ3n) is 9.40. The summed E-state index contributed by atoms with van der Waals surface area (Å²) in [6.45, 7) is 1.07. The molecule has 44 heavy (non-hydrogen) atoms. The van der Waals surface area contributed by atoms with Gasteiger partial charge < -0.3 is 25.2 Å². The molecule has 9 nitrogen and oxygen atoms in total. The Bertz CT molecular complexity index is 1650. The van der Waals surface area contributed by atoms with E-state index in [1.165, 1.54) is 0 Å². The van der Waals surface area contributed by atoms with Crippen LogP contribution in [0.1, 0.15) is 44.1 Å². The topological polar surface area (TPSA) is 110 Å². The standard InChI is InChI=1S/C29H30ClF5N6O3/c1-40-24-17(42)4-2-5-18(24)44-26-19-23(21(32)22(37-26)15-8-14(36)9-16(30)20(15)29(33,34)35)38-27(39-25(19)40)43-12-28-6-3-7-41(28)11-13(31)10-28/h8-9,13,17-18,24,42H,2-7,10-12,36H2,1H3/t13-,17+,18-,24-,28+/m1/s1. The monoisotopic (exact) mass is 640 g/mol. The summed E-state index contributed by atoms with van der Waals surface area (Å²) >= 11 is 5.99. The van der Waals surface area contributed by atoms with Crippen molar-refractivity contribution in [2.24, 2.45) is 0 Å². The molecule has 3 aromatic rings. The van der Waals surface area contributed by atoms with Gasteiger partial charge in [0, 0.05) is 31.3 Å². The molecular formula is C29H30ClF5N6O3. The number of fused-ring (bicyclic) bond motifs is 2. The van der Waals surface area contributed by atoms with Crippen molar-refractivity contribution >= 4 is 34.0 Å². The van der Waals surface area contributed by atoms with Crippen LogP contribution < -0.4 is 20.1 Å². The van der Waals surface area contributed by atoms with E-state index in [0.29, 0.717) is 32.2 Å². The molecule has 3 N–H and O–H groups in total. The van der Waals surface area contributed by atoms with Crippen molar-refractivity contribution in [3.8, 4) is 23.1 Å². The zero-order valence-electron chi connectivity index (χ0n) is 23.7. The maximum Gasteiger partial charge on any atom is 0.418 e. The molecule has 1 aromatic carbocycles. The number of aromatic nitrogens is 3. The van der Waals surface area contributed by atoms with Gasteiger partial charge >= 0.3 is 12.2 Å². The van der Waals surface area contributed by atoms with Crippen LogP contribution in [0, 0.1) is 5.82 Å². The molecule has 0 radical (unpaired) electrons. The predicted octanol–water partition coefficient (Wildman–Crippen LogP) is 5.15. The molecule has 3 fully saturated rings. The lowest BCUT2D eigenvalue weighted by Crippen LogP contribution is -2.53. The summed E-state index contributed by atoms with van der Waals surface area (Å²) in [5.74, 6) is -1.23. The van der Waals surface area contributed by atoms with E-state index in [2.05, 4.69) is 15.0 Å². The molecule has 0 amide bonds. The van der Waals surface area contributed by atoms with Crippen LogP contribution in [0.25, 0.3) is 22.2 Å². The lowest BCUT2D eigenvalue weighted by atomic mass is 9.89. The highest BCUT2D eigenvalue weighted by Crippen LogP contribution is 2.47. The van der Waals surface area contributed by atoms with E-state index in [1.54, 1.807) is 11.9 Å². The van der Waals surface area contributed by atoms with Crippen molar-refractivity contribution in [2.45, 2.75) is 74.7 Å². The SMILES string of the molecule is CN1c2nc(OC[C@@]34CCCN3C[C@H](F)C4)nc3c(F)c(-c4cc(N)cc(Cl)c4C(F)(F)F)nc(c23)O[C@@H]2CCC[C@H](O)[C@H]21. The second kappa shape index (κ2) is 10.4. The molecule has 236 valence electrons. The number of benzene rings is 1. The zero-order chi connectivity index (χ0) is 31.1. The maximum absolute atomic E-state index is 16.6. The van der Waals surface area contributed by atoms with Gasteiger partial charge in [-0.2, -0.15) is 23.1 Å². The van der Waals surface area contributed by atoms with E-state index in [0.717, 1.165) is 25.1 Å². The van der Waals surface area contributed by atoms with Gasteiger partial charge in [0.1, 0.15) is 41.3 Å². The number of halogens is 6. The minimum atomic E-state index is -4.97. The summed E-state index contributed by atoms with van der Waals surface area (Å²) in [5, 5.41) is 10.3. The van der Waals surface area contributed by atoms with E-state index in [4.69, 9.17) is 26.8 Å². The van der Waals surface area contributed by atoms with E-state index in [9.17, 15) is 22.7 Å². The summed E-state index contributed by atoms with van der Waals surface area (Å²) in [4.78, 5) is 16.9. The molecule has 5 heterocycles. The average molecular weight is 641 g/mol. The van der Waals surface area contributed by atoms with Crippen molar-refractivity contribution in [2.75, 3.05) is 37.4 Å². The Balaban J connectivity index is 1.42. The van der Waals surface area contributed by atoms with Crippen LogP contribution in [-0.2, 0) is 6.18 Å². The Kier molecular flexibility index (Phi) is 6.98. The van der Waals surface area contributed by atoms with Crippen LogP contribution >= 0.6 is 11.6 Å². The van der Waals surface area contributed by atoms with Crippen LogP contribution in [0.3, 0.4) is 0 Å². The molecule has 15 heteroatoms. The van der Waals surface area contributed by atoms with Crippen molar-refractivity contribution in [3.63, 3.8) is 0 Å². The van der Waals surface area contributed by atoms with Crippen LogP contribution in [0.5, 0.6) is 11.9 Å². The number of hydrogen-bond acceptors (Lipinski definition) is 9. The number of likely N-dealkylation sites (N-methyl/N-ethyl adjacent to an activating group) is 1. The maximum atomic E-state index is 16.6. The number of rotatable bonds is 4. The normalized spacial score (nSPS) is 28.5. The minimum absolute atomic E-state index is 0.0246. The van der Waals surface area contributed by atoms with Crippen LogP contribution in [0.15, 0.2) is 12.1 Å². The molecule has 0 spiro atoms. The Morgan fingerprint density at radius 2 is 2.00 bits per heavy atom. The number of ether oxygens (including phenoxy) is 2. The number of nitrogen functional groups attached to an aromatic ring is 1. The van der Waals surface area contributed by atoms with Gasteiger partial charge in [-0.1, -0.05) is 11.6 Å². The molecular weight excluding hydrogens is 611 g/mol. The number of pyridine rings is 1. The predicted molar refractivity (Wildman–Crippen MR) is 152 cm³/mol. The van der Waals surface area contributed by atoms with Gasteiger partial charge in [-0.05, 0) is 50.8 Å². The Morgan fingerprint density at radius 1 is 1.20 bits per heavy atom. The van der Waals surface area contributed by atoms with Crippen LogP contribution in [0.2, 0.25) is 5.02 Å². The first-order valence-corrected chi connectivity index (χ1v) is 14.9. The summed E-state index contributed by atoms with van der Waals surface area (Å²) in [5.41, 5.74) is 2.09. The molecule has 4 aliphatic rings. The van der Waals surface area contributed by atoms with E-state index >= 15 is 4.39 Å². The molecule has 2 aromatic heterocycles. The highest BCUT2D eigenvalue weighted by Gasteiger charge is 2.50. The molecule has 0 unspecified atom stereocenters. The average Bonchev–Trinajstić information content (AvgIpc) is 3.43. The number of nitrogens with two attached hydrogens (primary N) is 1. The van der Waals surface area contributed by atoms with E-state index in [-0.39, 0.29) is 47.3 Å². The highest BCUT2D eigenvalue weighted by molar-refractivity contribution is 6.32. The first-order chi connectivity index (χ1) is 20.9. The molecule has 0 bridgehead atoms. The van der Waals surface area contributed by atoms with Gasteiger partial charge in [-0.15, -0.1) is 0 Å². The fourth-order valence-corrected chi connectivity index (χ4v) is 7.81. The molecule has 2 saturated heterocycles. The van der Waals surface area contributed by atoms with E-state index < -0.39 is 63.8 Å². The van der Waals surface area contributed by atoms with Crippen molar-refractivity contribution in [1.82, 2.24) is 19.9 Å². The summed E-state index contributed by atoms with van der Waals surface area (Å²) in [7, 11) is 1.67. The first-order valence-electron chi connectivity index (χ1n) is 14.5. The third-order valence-corrected chi connectivity index (χ3v) is 9.70. The number of nitrogens with zero attached hydrogens (tertiary/aromatic N) is 5. The van der Waals surface area contributed by atoms with Gasteiger partial charge in [0.05, 0.1) is 28.3 Å². The van der Waals surface area contributed by atoms with Gasteiger partial charge in [0.15, 0.2) is 5.82 Å². The van der Waals surface area contributed by atoms with Crippen molar-refractivity contribution in [3.05, 3.63) is 28.5 Å². The van der Waals surface area contributed by atoms with Crippen molar-refractivity contribution in [1.29, 1.82) is 0 Å². The number of aliphatic hydroxyl groups is 1. The number of anilines is 2. The molecule has 1 aliphatic carbocycles. The smallest absolute Gasteiger partial charge is 0.418 e. The summed E-state index contributed by atoms with van der Waals surface area (Å²) in [6, 6.07) is 1.03. The highest BCUT2D eigenvalue weighted by atomic mass is 35.5. The number of alkyl halides is 4. The summed E-state index contributed by atoms with van der Waals surface area (Å²) < 4.78 is 86.0. The second-order valence-corrected chi connectivity index (χ2v) is 12.6.